The number of hydrogen-bond acceptors (Lipinski definition) is 4. The summed E-state index contributed by atoms with van der Waals surface area (Å²) in [6.07, 6.45) is 7.18. The minimum absolute atomic E-state index is 0.0569. The Hall–Kier alpha value is -3.92. The van der Waals surface area contributed by atoms with Gasteiger partial charge >= 0.3 is 0 Å². The Balaban J connectivity index is 1.95. The zero-order chi connectivity index (χ0) is 21.8. The van der Waals surface area contributed by atoms with E-state index in [1.807, 2.05) is 30.3 Å². The van der Waals surface area contributed by atoms with E-state index in [9.17, 15) is 10.2 Å². The van der Waals surface area contributed by atoms with Crippen LogP contribution in [0.2, 0.25) is 0 Å². The van der Waals surface area contributed by atoms with Crippen LogP contribution >= 0.6 is 0 Å². The molecule has 0 aliphatic heterocycles. The lowest BCUT2D eigenvalue weighted by molar-refractivity contribution is 0.477. The summed E-state index contributed by atoms with van der Waals surface area (Å²) in [5, 5.41) is 20.3. The van der Waals surface area contributed by atoms with Crippen LogP contribution in [-0.2, 0) is 5.41 Å². The summed E-state index contributed by atoms with van der Waals surface area (Å²) in [7, 11) is 0. The van der Waals surface area contributed by atoms with Gasteiger partial charge in [-0.3, -0.25) is 0 Å². The number of phenolic OH excluding ortho intramolecular Hbond substituents is 2. The summed E-state index contributed by atoms with van der Waals surface area (Å²) < 4.78 is 0. The van der Waals surface area contributed by atoms with E-state index in [4.69, 9.17) is 11.5 Å². The van der Waals surface area contributed by atoms with Crippen LogP contribution in [-0.4, -0.2) is 10.2 Å². The minimum Gasteiger partial charge on any atom is -0.506 e. The quantitative estimate of drug-likeness (QED) is 0.343. The summed E-state index contributed by atoms with van der Waals surface area (Å²) in [5.74, 6) is 0.114. The van der Waals surface area contributed by atoms with Crippen molar-refractivity contribution in [3.8, 4) is 11.5 Å². The Morgan fingerprint density at radius 1 is 0.839 bits per heavy atom. The Morgan fingerprint density at radius 3 is 2.06 bits per heavy atom. The van der Waals surface area contributed by atoms with Crippen molar-refractivity contribution in [1.29, 1.82) is 0 Å². The van der Waals surface area contributed by atoms with Gasteiger partial charge in [-0.1, -0.05) is 60.2 Å². The largest absolute Gasteiger partial charge is 0.506 e. The molecule has 154 valence electrons. The lowest BCUT2D eigenvalue weighted by Crippen LogP contribution is -2.30. The fraction of sp³-hybridized carbons (Fsp3) is 0.111. The van der Waals surface area contributed by atoms with Crippen molar-refractivity contribution >= 4 is 16.9 Å². The predicted molar refractivity (Wildman–Crippen MR) is 126 cm³/mol. The first-order chi connectivity index (χ1) is 14.9. The first-order valence-electron chi connectivity index (χ1n) is 10.3. The molecule has 0 unspecified atom stereocenters. The SMILES string of the molecule is CC1=CC=CC2=C(C1)C(c1ccc(O)c(N)c1)(c1ccc(O)c(N)c1)c1ccccc12. The van der Waals surface area contributed by atoms with E-state index < -0.39 is 5.41 Å². The summed E-state index contributed by atoms with van der Waals surface area (Å²) in [5.41, 5.74) is 20.2. The molecule has 0 spiro atoms. The van der Waals surface area contributed by atoms with Gasteiger partial charge in [0, 0.05) is 0 Å². The zero-order valence-electron chi connectivity index (χ0n) is 17.3. The van der Waals surface area contributed by atoms with Crippen molar-refractivity contribution in [2.24, 2.45) is 0 Å². The highest BCUT2D eigenvalue weighted by molar-refractivity contribution is 5.91. The molecule has 0 fully saturated rings. The molecule has 31 heavy (non-hydrogen) atoms. The number of nitrogen functional groups attached to an aromatic ring is 2. The van der Waals surface area contributed by atoms with E-state index in [1.165, 1.54) is 16.7 Å². The first kappa shape index (κ1) is 19.1. The van der Waals surface area contributed by atoms with E-state index in [2.05, 4.69) is 43.4 Å². The third-order valence-electron chi connectivity index (χ3n) is 6.42. The maximum atomic E-state index is 10.1. The van der Waals surface area contributed by atoms with Crippen LogP contribution in [0.4, 0.5) is 11.4 Å². The summed E-state index contributed by atoms with van der Waals surface area (Å²) in [6, 6.07) is 19.2. The molecule has 0 amide bonds. The Kier molecular flexibility index (Phi) is 4.19. The molecule has 3 aromatic carbocycles. The highest BCUT2D eigenvalue weighted by Crippen LogP contribution is 2.57. The van der Waals surface area contributed by atoms with Crippen molar-refractivity contribution in [3.05, 3.63) is 112 Å². The van der Waals surface area contributed by atoms with Crippen LogP contribution in [0, 0.1) is 0 Å². The maximum absolute atomic E-state index is 10.1. The average Bonchev–Trinajstić information content (AvgIpc) is 2.88. The highest BCUT2D eigenvalue weighted by Gasteiger charge is 2.47. The molecular formula is C27H24N2O2. The Morgan fingerprint density at radius 2 is 1.45 bits per heavy atom. The zero-order valence-corrected chi connectivity index (χ0v) is 17.3. The van der Waals surface area contributed by atoms with Crippen molar-refractivity contribution in [1.82, 2.24) is 0 Å². The number of rotatable bonds is 2. The van der Waals surface area contributed by atoms with E-state index in [-0.39, 0.29) is 11.5 Å². The molecule has 6 N–H and O–H groups in total. The number of fused-ring (bicyclic) bond motifs is 2. The van der Waals surface area contributed by atoms with Gasteiger partial charge in [0.1, 0.15) is 11.5 Å². The smallest absolute Gasteiger partial charge is 0.138 e. The number of benzene rings is 3. The molecule has 4 heteroatoms. The molecule has 0 bridgehead atoms. The first-order valence-corrected chi connectivity index (χ1v) is 10.3. The number of aromatic hydroxyl groups is 2. The summed E-state index contributed by atoms with van der Waals surface area (Å²) >= 11 is 0. The molecule has 0 saturated carbocycles. The highest BCUT2D eigenvalue weighted by atomic mass is 16.3. The minimum atomic E-state index is -0.653. The predicted octanol–water partition coefficient (Wildman–Crippen LogP) is 5.27. The number of phenols is 2. The van der Waals surface area contributed by atoms with Gasteiger partial charge < -0.3 is 21.7 Å². The number of anilines is 2. The number of hydrogen-bond donors (Lipinski definition) is 4. The fourth-order valence-corrected chi connectivity index (χ4v) is 5.04. The van der Waals surface area contributed by atoms with Crippen LogP contribution in [0.3, 0.4) is 0 Å². The third-order valence-corrected chi connectivity index (χ3v) is 6.42. The van der Waals surface area contributed by atoms with Crippen LogP contribution in [0.25, 0.3) is 5.57 Å². The van der Waals surface area contributed by atoms with Crippen molar-refractivity contribution < 1.29 is 10.2 Å². The second-order valence-corrected chi connectivity index (χ2v) is 8.28. The van der Waals surface area contributed by atoms with Gasteiger partial charge in [-0.2, -0.15) is 0 Å². The topological polar surface area (TPSA) is 92.5 Å². The number of allylic oxidation sites excluding steroid dienone is 6. The Bertz CT molecular complexity index is 1260. The molecule has 0 radical (unpaired) electrons. The fourth-order valence-electron chi connectivity index (χ4n) is 5.04. The lowest BCUT2D eigenvalue weighted by Gasteiger charge is -2.36. The molecule has 5 rings (SSSR count). The van der Waals surface area contributed by atoms with Gasteiger partial charge in [-0.25, -0.2) is 0 Å². The van der Waals surface area contributed by atoms with Gasteiger partial charge in [0.05, 0.1) is 16.8 Å². The van der Waals surface area contributed by atoms with Gasteiger partial charge in [0.25, 0.3) is 0 Å². The standard InChI is InChI=1S/C27H24N2O2/c1-16-5-4-7-20-19-6-2-3-8-21(19)27(22(20)13-16,17-9-11-25(30)23(28)14-17)18-10-12-26(31)24(29)15-18/h2-12,14-15,30-31H,13,28-29H2,1H3. The van der Waals surface area contributed by atoms with E-state index in [0.29, 0.717) is 11.4 Å². The molecule has 0 aromatic heterocycles. The Labute approximate surface area is 181 Å². The van der Waals surface area contributed by atoms with Gasteiger partial charge in [0.15, 0.2) is 0 Å². The molecule has 0 heterocycles. The molecule has 4 nitrogen and oxygen atoms in total. The van der Waals surface area contributed by atoms with Crippen molar-refractivity contribution in [3.63, 3.8) is 0 Å². The second kappa shape index (κ2) is 6.81. The number of nitrogens with two attached hydrogens (primary N) is 2. The van der Waals surface area contributed by atoms with Crippen LogP contribution in [0.5, 0.6) is 11.5 Å². The van der Waals surface area contributed by atoms with Crippen LogP contribution in [0.15, 0.2) is 90.0 Å². The summed E-state index contributed by atoms with van der Waals surface area (Å²) in [4.78, 5) is 0. The molecule has 0 saturated heterocycles. The van der Waals surface area contributed by atoms with Crippen LogP contribution < -0.4 is 11.5 Å². The molecule has 0 atom stereocenters. The van der Waals surface area contributed by atoms with E-state index in [1.54, 1.807) is 12.1 Å². The maximum Gasteiger partial charge on any atom is 0.138 e. The molecular weight excluding hydrogens is 384 g/mol. The second-order valence-electron chi connectivity index (χ2n) is 8.28. The van der Waals surface area contributed by atoms with E-state index in [0.717, 1.165) is 28.7 Å². The summed E-state index contributed by atoms with van der Waals surface area (Å²) in [6.45, 7) is 2.13. The van der Waals surface area contributed by atoms with Crippen LogP contribution in [0.1, 0.15) is 35.6 Å². The molecule has 2 aliphatic rings. The van der Waals surface area contributed by atoms with Crippen molar-refractivity contribution in [2.75, 3.05) is 11.5 Å². The lowest BCUT2D eigenvalue weighted by atomic mass is 9.65. The normalized spacial score (nSPS) is 16.5. The monoisotopic (exact) mass is 408 g/mol. The third kappa shape index (κ3) is 2.68. The average molecular weight is 409 g/mol. The molecule has 2 aliphatic carbocycles. The molecule has 3 aromatic rings. The van der Waals surface area contributed by atoms with Gasteiger partial charge in [0.2, 0.25) is 0 Å². The van der Waals surface area contributed by atoms with Crippen molar-refractivity contribution in [2.45, 2.75) is 18.8 Å². The van der Waals surface area contributed by atoms with Gasteiger partial charge in [-0.15, -0.1) is 0 Å². The van der Waals surface area contributed by atoms with E-state index >= 15 is 0 Å². The van der Waals surface area contributed by atoms with Gasteiger partial charge in [-0.05, 0) is 71.0 Å².